The molecule has 0 aromatic carbocycles. The van der Waals surface area contributed by atoms with E-state index in [4.69, 9.17) is 0 Å². The van der Waals surface area contributed by atoms with Crippen molar-refractivity contribution in [3.63, 3.8) is 0 Å². The summed E-state index contributed by atoms with van der Waals surface area (Å²) in [7, 11) is 0. The van der Waals surface area contributed by atoms with Crippen LogP contribution in [0.2, 0.25) is 0 Å². The summed E-state index contributed by atoms with van der Waals surface area (Å²) in [5.41, 5.74) is 8.30. The molecule has 0 bridgehead atoms. The number of fused-ring (bicyclic) bond motifs is 1. The fraction of sp³-hybridized carbons (Fsp3) is 0.550. The number of H-pyrrole nitrogens is 1. The van der Waals surface area contributed by atoms with Gasteiger partial charge in [-0.15, -0.1) is 0 Å². The Hall–Kier alpha value is -2.57. The van der Waals surface area contributed by atoms with Crippen LogP contribution in [0.15, 0.2) is 28.5 Å². The second kappa shape index (κ2) is 6.55. The highest BCUT2D eigenvalue weighted by atomic mass is 16.2. The molecular formula is C20H26N6O. The average molecular weight is 366 g/mol. The van der Waals surface area contributed by atoms with E-state index in [1.807, 2.05) is 4.90 Å². The number of nitrogens with one attached hydrogen (secondary N) is 2. The minimum atomic E-state index is 0.138. The number of aromatic amines is 1. The number of hydrogen-bond donors (Lipinski definition) is 2. The number of carbonyl (C=O) groups excluding carboxylic acids is 1. The third kappa shape index (κ3) is 2.85. The van der Waals surface area contributed by atoms with Gasteiger partial charge in [0.25, 0.3) is 0 Å². The van der Waals surface area contributed by atoms with Gasteiger partial charge in [-0.2, -0.15) is 10.2 Å². The highest BCUT2D eigenvalue weighted by Gasteiger charge is 2.32. The maximum atomic E-state index is 11.9. The highest BCUT2D eigenvalue weighted by Crippen LogP contribution is 2.39. The molecule has 1 amide bonds. The lowest BCUT2D eigenvalue weighted by Gasteiger charge is -2.36. The molecule has 4 aliphatic rings. The van der Waals surface area contributed by atoms with Gasteiger partial charge < -0.3 is 15.2 Å². The number of allylic oxidation sites excluding steroid dienone is 3. The third-order valence-electron chi connectivity index (χ3n) is 6.34. The number of carbonyl (C=O) groups is 1. The predicted molar refractivity (Wildman–Crippen MR) is 104 cm³/mol. The van der Waals surface area contributed by atoms with Crippen LogP contribution in [0.4, 0.5) is 5.82 Å². The molecule has 1 aromatic rings. The van der Waals surface area contributed by atoms with E-state index in [9.17, 15) is 4.79 Å². The molecule has 2 N–H and O–H groups in total. The van der Waals surface area contributed by atoms with Crippen LogP contribution in [0.5, 0.6) is 0 Å². The van der Waals surface area contributed by atoms with E-state index in [0.717, 1.165) is 51.1 Å². The van der Waals surface area contributed by atoms with Gasteiger partial charge in [0.15, 0.2) is 5.82 Å². The van der Waals surface area contributed by atoms with Crippen LogP contribution < -0.4 is 10.3 Å². The van der Waals surface area contributed by atoms with Gasteiger partial charge in [-0.25, -0.2) is 0 Å². The van der Waals surface area contributed by atoms with Crippen molar-refractivity contribution >= 4 is 17.9 Å². The molecule has 0 fully saturated rings. The molecule has 7 heteroatoms. The lowest BCUT2D eigenvalue weighted by atomic mass is 9.81. The van der Waals surface area contributed by atoms with Gasteiger partial charge in [-0.05, 0) is 36.8 Å². The van der Waals surface area contributed by atoms with Crippen molar-refractivity contribution < 1.29 is 4.79 Å². The van der Waals surface area contributed by atoms with Crippen molar-refractivity contribution in [2.45, 2.75) is 39.2 Å². The zero-order valence-corrected chi connectivity index (χ0v) is 15.7. The Morgan fingerprint density at radius 1 is 1.26 bits per heavy atom. The summed E-state index contributed by atoms with van der Waals surface area (Å²) in [4.78, 5) is 16.1. The normalized spacial score (nSPS) is 26.9. The first kappa shape index (κ1) is 16.6. The van der Waals surface area contributed by atoms with Crippen molar-refractivity contribution in [1.82, 2.24) is 20.5 Å². The van der Waals surface area contributed by atoms with E-state index in [0.29, 0.717) is 18.4 Å². The standard InChI is InChI=1S/C20H26N6O/c1-13(27)25-8-6-18-17(12-25)20(24-23-18)26-7-2-3-15-9-14(4-5-19(15)26)16-10-21-22-11-16/h4-5,10,14,16,22H,2-3,6-9,11-12H2,1H3,(H,23,24). The highest BCUT2D eigenvalue weighted by molar-refractivity contribution is 5.74. The van der Waals surface area contributed by atoms with Crippen LogP contribution in [-0.2, 0) is 17.8 Å². The third-order valence-corrected chi connectivity index (χ3v) is 6.34. The fourth-order valence-electron chi connectivity index (χ4n) is 4.78. The minimum Gasteiger partial charge on any atom is -0.338 e. The molecule has 3 aliphatic heterocycles. The number of hydrogen-bond acceptors (Lipinski definition) is 5. The number of rotatable bonds is 2. The van der Waals surface area contributed by atoms with Crippen molar-refractivity contribution in [3.8, 4) is 0 Å². The molecule has 27 heavy (non-hydrogen) atoms. The molecule has 142 valence electrons. The second-order valence-corrected chi connectivity index (χ2v) is 7.97. The summed E-state index contributed by atoms with van der Waals surface area (Å²) in [6.07, 6.45) is 11.0. The van der Waals surface area contributed by atoms with Crippen LogP contribution in [0, 0.1) is 11.8 Å². The van der Waals surface area contributed by atoms with Gasteiger partial charge in [0, 0.05) is 62.1 Å². The molecule has 2 unspecified atom stereocenters. The van der Waals surface area contributed by atoms with Gasteiger partial charge in [-0.1, -0.05) is 6.08 Å². The summed E-state index contributed by atoms with van der Waals surface area (Å²) < 4.78 is 0. The molecule has 4 heterocycles. The Morgan fingerprint density at radius 3 is 3.00 bits per heavy atom. The number of amides is 1. The van der Waals surface area contributed by atoms with Gasteiger partial charge in [0.1, 0.15) is 0 Å². The zero-order valence-electron chi connectivity index (χ0n) is 15.7. The fourth-order valence-corrected chi connectivity index (χ4v) is 4.78. The van der Waals surface area contributed by atoms with Gasteiger partial charge in [0.2, 0.25) is 5.91 Å². The summed E-state index contributed by atoms with van der Waals surface area (Å²) >= 11 is 0. The Labute approximate surface area is 159 Å². The molecule has 1 aliphatic carbocycles. The van der Waals surface area contributed by atoms with Crippen molar-refractivity contribution in [3.05, 3.63) is 34.7 Å². The van der Waals surface area contributed by atoms with Crippen molar-refractivity contribution in [2.75, 3.05) is 24.5 Å². The van der Waals surface area contributed by atoms with Crippen LogP contribution in [0.3, 0.4) is 0 Å². The van der Waals surface area contributed by atoms with E-state index in [2.05, 4.69) is 44.0 Å². The summed E-state index contributed by atoms with van der Waals surface area (Å²) in [5.74, 6) is 2.17. The quantitative estimate of drug-likeness (QED) is 0.839. The van der Waals surface area contributed by atoms with E-state index < -0.39 is 0 Å². The smallest absolute Gasteiger partial charge is 0.219 e. The summed E-state index contributed by atoms with van der Waals surface area (Å²) in [6.45, 7) is 5.01. The first-order valence-electron chi connectivity index (χ1n) is 9.96. The first-order chi connectivity index (χ1) is 13.2. The van der Waals surface area contributed by atoms with Crippen LogP contribution in [-0.4, -0.2) is 46.9 Å². The largest absolute Gasteiger partial charge is 0.338 e. The van der Waals surface area contributed by atoms with Gasteiger partial charge >= 0.3 is 0 Å². The Kier molecular flexibility index (Phi) is 4.02. The molecule has 1 aromatic heterocycles. The number of hydrazone groups is 1. The average Bonchev–Trinajstić information content (AvgIpc) is 3.36. The van der Waals surface area contributed by atoms with E-state index in [1.165, 1.54) is 22.5 Å². The lowest BCUT2D eigenvalue weighted by molar-refractivity contribution is -0.129. The Morgan fingerprint density at radius 2 is 2.19 bits per heavy atom. The molecule has 2 atom stereocenters. The molecule has 0 radical (unpaired) electrons. The molecule has 7 nitrogen and oxygen atoms in total. The summed E-state index contributed by atoms with van der Waals surface area (Å²) in [6, 6.07) is 0. The van der Waals surface area contributed by atoms with Crippen LogP contribution in [0.25, 0.3) is 0 Å². The van der Waals surface area contributed by atoms with Crippen LogP contribution >= 0.6 is 0 Å². The van der Waals surface area contributed by atoms with Gasteiger partial charge in [-0.3, -0.25) is 9.89 Å². The molecule has 5 rings (SSSR count). The Bertz CT molecular complexity index is 851. The minimum absolute atomic E-state index is 0.138. The van der Waals surface area contributed by atoms with Crippen LogP contribution in [0.1, 0.15) is 37.4 Å². The maximum Gasteiger partial charge on any atom is 0.219 e. The molecule has 0 saturated heterocycles. The molecule has 0 spiro atoms. The predicted octanol–water partition coefficient (Wildman–Crippen LogP) is 1.95. The first-order valence-corrected chi connectivity index (χ1v) is 9.96. The van der Waals surface area contributed by atoms with E-state index in [-0.39, 0.29) is 5.91 Å². The number of aromatic nitrogens is 2. The maximum absolute atomic E-state index is 11.9. The van der Waals surface area contributed by atoms with E-state index >= 15 is 0 Å². The van der Waals surface area contributed by atoms with Crippen molar-refractivity contribution in [2.24, 2.45) is 16.9 Å². The number of nitrogens with zero attached hydrogens (tertiary/aromatic N) is 4. The topological polar surface area (TPSA) is 76.6 Å². The second-order valence-electron chi connectivity index (χ2n) is 7.97. The van der Waals surface area contributed by atoms with E-state index in [1.54, 1.807) is 6.92 Å². The monoisotopic (exact) mass is 366 g/mol. The van der Waals surface area contributed by atoms with Crippen molar-refractivity contribution in [1.29, 1.82) is 0 Å². The Balaban J connectivity index is 1.43. The molecule has 0 saturated carbocycles. The molecular weight excluding hydrogens is 340 g/mol. The summed E-state index contributed by atoms with van der Waals surface area (Å²) in [5, 5.41) is 12.1. The lowest BCUT2D eigenvalue weighted by Crippen LogP contribution is -2.36. The van der Waals surface area contributed by atoms with Gasteiger partial charge in [0.05, 0.1) is 6.54 Å². The SMILES string of the molecule is CC(=O)N1CCc2[nH]nc(N3CCCC4=C3C=CC(C3C=NNC3)C4)c2C1. The zero-order chi connectivity index (χ0) is 18.4. The number of anilines is 1.